The lowest BCUT2D eigenvalue weighted by molar-refractivity contribution is 0.248. The molecule has 110 valence electrons. The van der Waals surface area contributed by atoms with E-state index in [0.29, 0.717) is 6.54 Å². The Labute approximate surface area is 126 Å². The Bertz CT molecular complexity index is 451. The second-order valence-corrected chi connectivity index (χ2v) is 6.45. The average molecular weight is 294 g/mol. The molecule has 2 fully saturated rings. The van der Waals surface area contributed by atoms with Crippen LogP contribution in [0.4, 0.5) is 5.69 Å². The van der Waals surface area contributed by atoms with Gasteiger partial charge in [0.1, 0.15) is 0 Å². The third kappa shape index (κ3) is 3.46. The highest BCUT2D eigenvalue weighted by Crippen LogP contribution is 2.30. The molecule has 0 spiro atoms. The zero-order chi connectivity index (χ0) is 13.9. The average Bonchev–Trinajstić information content (AvgIpc) is 3.26. The van der Waals surface area contributed by atoms with Gasteiger partial charge in [0.05, 0.1) is 0 Å². The standard InChI is InChI=1S/C16H24ClN3/c17-16-11-15(4-3-14(16)5-6-18)20-9-7-19(8-10-20)12-13-1-2-13/h3-4,11,13H,1-2,5-10,12,18H2. The summed E-state index contributed by atoms with van der Waals surface area (Å²) in [6.45, 7) is 6.54. The van der Waals surface area contributed by atoms with Crippen LogP contribution in [0.3, 0.4) is 0 Å². The Balaban J connectivity index is 1.58. The fourth-order valence-corrected chi connectivity index (χ4v) is 3.21. The number of anilines is 1. The fourth-order valence-electron chi connectivity index (χ4n) is 2.95. The fraction of sp³-hybridized carbons (Fsp3) is 0.625. The zero-order valence-electron chi connectivity index (χ0n) is 12.0. The molecule has 2 aliphatic rings. The van der Waals surface area contributed by atoms with Gasteiger partial charge in [-0.15, -0.1) is 0 Å². The molecule has 1 heterocycles. The van der Waals surface area contributed by atoms with Crippen LogP contribution < -0.4 is 10.6 Å². The Morgan fingerprint density at radius 2 is 1.90 bits per heavy atom. The Morgan fingerprint density at radius 3 is 2.50 bits per heavy atom. The Kier molecular flexibility index (Phi) is 4.49. The van der Waals surface area contributed by atoms with Gasteiger partial charge in [0, 0.05) is 43.4 Å². The van der Waals surface area contributed by atoms with Crippen molar-refractivity contribution in [3.05, 3.63) is 28.8 Å². The number of piperazine rings is 1. The lowest BCUT2D eigenvalue weighted by Crippen LogP contribution is -2.47. The first-order chi connectivity index (χ1) is 9.76. The topological polar surface area (TPSA) is 32.5 Å². The molecule has 1 aromatic carbocycles. The Morgan fingerprint density at radius 1 is 1.15 bits per heavy atom. The van der Waals surface area contributed by atoms with Gasteiger partial charge < -0.3 is 10.6 Å². The Hall–Kier alpha value is -0.770. The van der Waals surface area contributed by atoms with E-state index in [2.05, 4.69) is 28.0 Å². The van der Waals surface area contributed by atoms with Gasteiger partial charge in [0.15, 0.2) is 0 Å². The molecule has 0 atom stereocenters. The van der Waals surface area contributed by atoms with Crippen LogP contribution in [-0.4, -0.2) is 44.2 Å². The zero-order valence-corrected chi connectivity index (χ0v) is 12.8. The highest BCUT2D eigenvalue weighted by molar-refractivity contribution is 6.31. The minimum Gasteiger partial charge on any atom is -0.369 e. The van der Waals surface area contributed by atoms with Gasteiger partial charge in [-0.2, -0.15) is 0 Å². The van der Waals surface area contributed by atoms with E-state index in [0.717, 1.165) is 36.0 Å². The second kappa shape index (κ2) is 6.33. The molecule has 0 amide bonds. The van der Waals surface area contributed by atoms with E-state index in [-0.39, 0.29) is 0 Å². The summed E-state index contributed by atoms with van der Waals surface area (Å²) in [4.78, 5) is 5.06. The van der Waals surface area contributed by atoms with Gasteiger partial charge in [0.2, 0.25) is 0 Å². The first-order valence-electron chi connectivity index (χ1n) is 7.72. The van der Waals surface area contributed by atoms with Gasteiger partial charge in [-0.1, -0.05) is 17.7 Å². The maximum absolute atomic E-state index is 6.34. The van der Waals surface area contributed by atoms with Gasteiger partial charge in [-0.05, 0) is 49.4 Å². The van der Waals surface area contributed by atoms with Crippen LogP contribution in [0.15, 0.2) is 18.2 Å². The molecule has 1 aliphatic carbocycles. The maximum Gasteiger partial charge on any atom is 0.0459 e. The number of nitrogens with two attached hydrogens (primary N) is 1. The van der Waals surface area contributed by atoms with Crippen LogP contribution in [0.5, 0.6) is 0 Å². The van der Waals surface area contributed by atoms with Crippen molar-refractivity contribution in [3.8, 4) is 0 Å². The lowest BCUT2D eigenvalue weighted by Gasteiger charge is -2.36. The molecule has 1 aromatic rings. The summed E-state index contributed by atoms with van der Waals surface area (Å²) in [5.41, 5.74) is 8.01. The first kappa shape index (κ1) is 14.2. The SMILES string of the molecule is NCCc1ccc(N2CCN(CC3CC3)CC2)cc1Cl. The smallest absolute Gasteiger partial charge is 0.0459 e. The molecule has 20 heavy (non-hydrogen) atoms. The van der Waals surface area contributed by atoms with E-state index in [9.17, 15) is 0 Å². The van der Waals surface area contributed by atoms with E-state index < -0.39 is 0 Å². The van der Waals surface area contributed by atoms with Crippen molar-refractivity contribution in [1.82, 2.24) is 4.90 Å². The molecule has 3 nitrogen and oxygen atoms in total. The summed E-state index contributed by atoms with van der Waals surface area (Å²) in [6.07, 6.45) is 3.74. The third-order valence-corrected chi connectivity index (χ3v) is 4.75. The summed E-state index contributed by atoms with van der Waals surface area (Å²) in [5, 5.41) is 0.855. The summed E-state index contributed by atoms with van der Waals surface area (Å²) in [5.74, 6) is 0.992. The summed E-state index contributed by atoms with van der Waals surface area (Å²) in [6, 6.07) is 6.41. The molecule has 0 unspecified atom stereocenters. The van der Waals surface area contributed by atoms with Crippen molar-refractivity contribution in [3.63, 3.8) is 0 Å². The first-order valence-corrected chi connectivity index (χ1v) is 8.10. The molecule has 0 aromatic heterocycles. The van der Waals surface area contributed by atoms with Gasteiger partial charge in [-0.25, -0.2) is 0 Å². The van der Waals surface area contributed by atoms with Crippen LogP contribution >= 0.6 is 11.6 Å². The summed E-state index contributed by atoms with van der Waals surface area (Å²) < 4.78 is 0. The van der Waals surface area contributed by atoms with E-state index in [1.165, 1.54) is 38.2 Å². The van der Waals surface area contributed by atoms with Crippen LogP contribution in [-0.2, 0) is 6.42 Å². The molecular weight excluding hydrogens is 270 g/mol. The molecule has 1 aliphatic heterocycles. The van der Waals surface area contributed by atoms with E-state index in [1.54, 1.807) is 0 Å². The van der Waals surface area contributed by atoms with Crippen molar-refractivity contribution in [1.29, 1.82) is 0 Å². The van der Waals surface area contributed by atoms with Crippen LogP contribution in [0.2, 0.25) is 5.02 Å². The molecule has 3 rings (SSSR count). The molecule has 1 saturated carbocycles. The summed E-state index contributed by atoms with van der Waals surface area (Å²) >= 11 is 6.34. The van der Waals surface area contributed by atoms with Gasteiger partial charge in [0.25, 0.3) is 0 Å². The number of benzene rings is 1. The predicted octanol–water partition coefficient (Wildman–Crippen LogP) is 2.37. The molecule has 4 heteroatoms. The monoisotopic (exact) mass is 293 g/mol. The number of hydrogen-bond donors (Lipinski definition) is 1. The minimum atomic E-state index is 0.652. The van der Waals surface area contributed by atoms with Crippen molar-refractivity contribution >= 4 is 17.3 Å². The number of hydrogen-bond acceptors (Lipinski definition) is 3. The normalized spacial score (nSPS) is 20.4. The van der Waals surface area contributed by atoms with Crippen LogP contribution in [0.1, 0.15) is 18.4 Å². The highest BCUT2D eigenvalue weighted by atomic mass is 35.5. The second-order valence-electron chi connectivity index (χ2n) is 6.05. The molecule has 0 bridgehead atoms. The number of halogens is 1. The number of nitrogens with zero attached hydrogens (tertiary/aromatic N) is 2. The van der Waals surface area contributed by atoms with E-state index in [4.69, 9.17) is 17.3 Å². The van der Waals surface area contributed by atoms with Crippen molar-refractivity contribution in [2.45, 2.75) is 19.3 Å². The molecule has 1 saturated heterocycles. The minimum absolute atomic E-state index is 0.652. The predicted molar refractivity (Wildman–Crippen MR) is 85.6 cm³/mol. The summed E-state index contributed by atoms with van der Waals surface area (Å²) in [7, 11) is 0. The van der Waals surface area contributed by atoms with Crippen LogP contribution in [0.25, 0.3) is 0 Å². The van der Waals surface area contributed by atoms with Crippen molar-refractivity contribution < 1.29 is 0 Å². The maximum atomic E-state index is 6.34. The highest BCUT2D eigenvalue weighted by Gasteiger charge is 2.26. The third-order valence-electron chi connectivity index (χ3n) is 4.40. The molecule has 0 radical (unpaired) electrons. The van der Waals surface area contributed by atoms with E-state index >= 15 is 0 Å². The van der Waals surface area contributed by atoms with Gasteiger partial charge in [-0.3, -0.25) is 4.90 Å². The lowest BCUT2D eigenvalue weighted by atomic mass is 10.1. The quantitative estimate of drug-likeness (QED) is 0.905. The molecular formula is C16H24ClN3. The van der Waals surface area contributed by atoms with Crippen molar-refractivity contribution in [2.24, 2.45) is 11.7 Å². The van der Waals surface area contributed by atoms with Crippen LogP contribution in [0, 0.1) is 5.92 Å². The van der Waals surface area contributed by atoms with E-state index in [1.807, 2.05) is 0 Å². The van der Waals surface area contributed by atoms with Crippen molar-refractivity contribution in [2.75, 3.05) is 44.2 Å². The number of rotatable bonds is 5. The largest absolute Gasteiger partial charge is 0.369 e. The molecule has 2 N–H and O–H groups in total. The van der Waals surface area contributed by atoms with Gasteiger partial charge >= 0.3 is 0 Å².